The number of carbonyl (C=O) groups is 3. The number of nitrogens with zero attached hydrogens (tertiary/aromatic N) is 1. The minimum atomic E-state index is -0.543. The Hall–Kier alpha value is -4.19. The van der Waals surface area contributed by atoms with Gasteiger partial charge in [0.1, 0.15) is 11.5 Å². The van der Waals surface area contributed by atoms with Gasteiger partial charge < -0.3 is 15.5 Å². The number of fused-ring (bicyclic) bond motifs is 1. The third-order valence-corrected chi connectivity index (χ3v) is 7.05. The molecule has 2 N–H and O–H groups in total. The summed E-state index contributed by atoms with van der Waals surface area (Å²) >= 11 is 6.29. The third kappa shape index (κ3) is 5.40. The maximum Gasteiger partial charge on any atom is 0.258 e. The second-order valence-corrected chi connectivity index (χ2v) is 9.68. The lowest BCUT2D eigenvalue weighted by atomic mass is 9.87. The molecule has 4 rings (SSSR count). The molecule has 1 aliphatic rings. The fourth-order valence-corrected chi connectivity index (χ4v) is 5.03. The van der Waals surface area contributed by atoms with Crippen molar-refractivity contribution in [3.63, 3.8) is 0 Å². The van der Waals surface area contributed by atoms with Gasteiger partial charge in [-0.15, -0.1) is 0 Å². The minimum absolute atomic E-state index is 0.0183. The summed E-state index contributed by atoms with van der Waals surface area (Å²) < 4.78 is 0. The van der Waals surface area contributed by atoms with E-state index < -0.39 is 11.8 Å². The molecule has 1 aliphatic heterocycles. The lowest BCUT2D eigenvalue weighted by Crippen LogP contribution is -2.32. The van der Waals surface area contributed by atoms with Crippen LogP contribution in [0.25, 0.3) is 0 Å². The fourth-order valence-electron chi connectivity index (χ4n) is 4.85. The summed E-state index contributed by atoms with van der Waals surface area (Å²) in [5.74, 6) is 0.315. The van der Waals surface area contributed by atoms with Crippen molar-refractivity contribution < 1.29 is 19.2 Å². The van der Waals surface area contributed by atoms with Gasteiger partial charge in [-0.25, -0.2) is 4.79 Å². The van der Waals surface area contributed by atoms with Gasteiger partial charge in [0.05, 0.1) is 0 Å². The molecule has 1 unspecified atom stereocenters. The number of amides is 3. The summed E-state index contributed by atoms with van der Waals surface area (Å²) in [5.41, 5.74) is 4.43. The molecule has 0 spiro atoms. The summed E-state index contributed by atoms with van der Waals surface area (Å²) in [4.78, 5) is 52.3. The van der Waals surface area contributed by atoms with Crippen LogP contribution in [0.4, 0.5) is 11.4 Å². The number of hydrogen-bond acceptors (Lipinski definition) is 4. The second-order valence-electron chi connectivity index (χ2n) is 9.25. The Labute approximate surface area is 226 Å². The Kier molecular flexibility index (Phi) is 8.10. The molecule has 7 nitrogen and oxygen atoms in total. The highest BCUT2D eigenvalue weighted by molar-refractivity contribution is 6.30. The van der Waals surface area contributed by atoms with E-state index >= 15 is 0 Å². The van der Waals surface area contributed by atoms with E-state index in [-0.39, 0.29) is 17.4 Å². The molecule has 0 radical (unpaired) electrons. The lowest BCUT2D eigenvalue weighted by molar-refractivity contribution is -0.117. The Morgan fingerprint density at radius 1 is 0.974 bits per heavy atom. The van der Waals surface area contributed by atoms with Gasteiger partial charge in [-0.1, -0.05) is 29.8 Å². The largest absolute Gasteiger partial charge is 0.355 e. The Balaban J connectivity index is 1.65. The summed E-state index contributed by atoms with van der Waals surface area (Å²) in [7, 11) is 1.46. The highest BCUT2D eigenvalue weighted by Gasteiger charge is 2.32. The van der Waals surface area contributed by atoms with Crippen LogP contribution in [-0.4, -0.2) is 37.3 Å². The van der Waals surface area contributed by atoms with Crippen molar-refractivity contribution in [1.82, 2.24) is 5.32 Å². The van der Waals surface area contributed by atoms with Gasteiger partial charge in [-0.05, 0) is 85.8 Å². The van der Waals surface area contributed by atoms with Gasteiger partial charge >= 0.3 is 0 Å². The minimum Gasteiger partial charge on any atom is -0.355 e. The van der Waals surface area contributed by atoms with Crippen LogP contribution in [0.1, 0.15) is 56.2 Å². The van der Waals surface area contributed by atoms with Gasteiger partial charge in [0.2, 0.25) is 0 Å². The molecule has 0 bridgehead atoms. The van der Waals surface area contributed by atoms with Crippen molar-refractivity contribution in [2.45, 2.75) is 32.6 Å². The van der Waals surface area contributed by atoms with E-state index in [1.165, 1.54) is 7.05 Å². The number of aryl methyl sites for hydroxylation is 2. The van der Waals surface area contributed by atoms with Crippen molar-refractivity contribution in [2.75, 3.05) is 23.8 Å². The average molecular weight is 530 g/mol. The van der Waals surface area contributed by atoms with E-state index in [2.05, 4.69) is 10.6 Å². The standard InChI is InChI=1S/C30H28ClN3O4/c1-18-7-4-5-8-22(18)29(37)33-21-11-12-23(19(2)15-21)30(38)34-14-6-9-24(26(17-35)28(36)32-3)25-16-20(31)10-13-27(25)34/h4-5,7-8,10-13,15-16,24H,6,9,14H2,1-3H3,(H,32,36)(H,33,37). The summed E-state index contributed by atoms with van der Waals surface area (Å²) in [6.45, 7) is 4.09. The molecule has 1 heterocycles. The SMILES string of the molecule is CNC(=O)C(=C=O)C1CCCN(C(=O)c2ccc(NC(=O)c3ccccc3C)cc2C)c2ccc(Cl)cc21. The van der Waals surface area contributed by atoms with Crippen LogP contribution in [0.15, 0.2) is 66.2 Å². The average Bonchev–Trinajstić information content (AvgIpc) is 3.08. The number of halogens is 1. The van der Waals surface area contributed by atoms with Gasteiger partial charge in [0.15, 0.2) is 0 Å². The van der Waals surface area contributed by atoms with Crippen LogP contribution >= 0.6 is 11.6 Å². The molecule has 0 fully saturated rings. The van der Waals surface area contributed by atoms with E-state index in [0.717, 1.165) is 5.56 Å². The summed E-state index contributed by atoms with van der Waals surface area (Å²) in [6.07, 6.45) is 1.05. The zero-order chi connectivity index (χ0) is 27.4. The smallest absolute Gasteiger partial charge is 0.258 e. The van der Waals surface area contributed by atoms with E-state index in [1.54, 1.807) is 53.3 Å². The van der Waals surface area contributed by atoms with Crippen LogP contribution in [0.2, 0.25) is 5.02 Å². The Bertz CT molecular complexity index is 1480. The first-order valence-electron chi connectivity index (χ1n) is 12.3. The molecule has 0 saturated carbocycles. The van der Waals surface area contributed by atoms with E-state index in [9.17, 15) is 19.2 Å². The maximum atomic E-state index is 13.8. The highest BCUT2D eigenvalue weighted by atomic mass is 35.5. The van der Waals surface area contributed by atoms with Crippen LogP contribution < -0.4 is 15.5 Å². The number of nitrogens with one attached hydrogen (secondary N) is 2. The van der Waals surface area contributed by atoms with Crippen LogP contribution in [0.5, 0.6) is 0 Å². The third-order valence-electron chi connectivity index (χ3n) is 6.81. The van der Waals surface area contributed by atoms with Crippen molar-refractivity contribution in [1.29, 1.82) is 0 Å². The maximum absolute atomic E-state index is 13.8. The fraction of sp³-hybridized carbons (Fsp3) is 0.233. The molecule has 0 aromatic heterocycles. The zero-order valence-corrected chi connectivity index (χ0v) is 22.2. The normalized spacial score (nSPS) is 14.5. The lowest BCUT2D eigenvalue weighted by Gasteiger charge is -2.25. The number of hydrogen-bond donors (Lipinski definition) is 2. The number of carbonyl (C=O) groups excluding carboxylic acids is 4. The quantitative estimate of drug-likeness (QED) is 0.349. The predicted octanol–water partition coefficient (Wildman–Crippen LogP) is 5.24. The number of benzene rings is 3. The van der Waals surface area contributed by atoms with Gasteiger partial charge in [-0.3, -0.25) is 14.4 Å². The highest BCUT2D eigenvalue weighted by Crippen LogP contribution is 2.40. The predicted molar refractivity (Wildman–Crippen MR) is 149 cm³/mol. The van der Waals surface area contributed by atoms with E-state index in [4.69, 9.17) is 11.6 Å². The van der Waals surface area contributed by atoms with Crippen LogP contribution in [0.3, 0.4) is 0 Å². The topological polar surface area (TPSA) is 95.6 Å². The van der Waals surface area contributed by atoms with Gasteiger partial charge in [0.25, 0.3) is 17.7 Å². The molecular formula is C30H28ClN3O4. The number of rotatable bonds is 5. The van der Waals surface area contributed by atoms with E-state index in [1.807, 2.05) is 32.0 Å². The van der Waals surface area contributed by atoms with Crippen molar-refractivity contribution in [2.24, 2.45) is 0 Å². The molecule has 0 saturated heterocycles. The zero-order valence-electron chi connectivity index (χ0n) is 21.4. The molecule has 38 heavy (non-hydrogen) atoms. The monoisotopic (exact) mass is 529 g/mol. The van der Waals surface area contributed by atoms with E-state index in [0.29, 0.717) is 58.0 Å². The molecule has 3 aromatic rings. The molecule has 8 heteroatoms. The first-order valence-corrected chi connectivity index (χ1v) is 12.7. The summed E-state index contributed by atoms with van der Waals surface area (Å²) in [6, 6.07) is 17.6. The molecule has 0 aliphatic carbocycles. The molecule has 194 valence electrons. The number of likely N-dealkylation sites (N-methyl/N-ethyl adjacent to an activating group) is 1. The first kappa shape index (κ1) is 26.9. The molecule has 3 aromatic carbocycles. The Morgan fingerprint density at radius 2 is 1.74 bits per heavy atom. The van der Waals surface area contributed by atoms with Crippen molar-refractivity contribution in [3.05, 3.63) is 99.1 Å². The summed E-state index contributed by atoms with van der Waals surface area (Å²) in [5, 5.41) is 5.84. The molecule has 1 atom stereocenters. The molecule has 3 amide bonds. The van der Waals surface area contributed by atoms with Gasteiger partial charge in [0, 0.05) is 47.0 Å². The number of anilines is 2. The van der Waals surface area contributed by atoms with Crippen LogP contribution in [0, 0.1) is 13.8 Å². The Morgan fingerprint density at radius 3 is 2.42 bits per heavy atom. The first-order chi connectivity index (χ1) is 18.2. The second kappa shape index (κ2) is 11.5. The van der Waals surface area contributed by atoms with Crippen molar-refractivity contribution in [3.8, 4) is 0 Å². The van der Waals surface area contributed by atoms with Crippen LogP contribution in [-0.2, 0) is 9.59 Å². The molecular weight excluding hydrogens is 502 g/mol. The van der Waals surface area contributed by atoms with Gasteiger partial charge in [-0.2, -0.15) is 0 Å². The van der Waals surface area contributed by atoms with Crippen molar-refractivity contribution >= 4 is 46.6 Å².